The maximum Gasteiger partial charge on any atom is 0.353 e. The zero-order valence-electron chi connectivity index (χ0n) is 16.8. The number of aliphatic hydroxyl groups is 3. The minimum Gasteiger partial charge on any atom is -0.477 e. The number of hydrogen-bond acceptors (Lipinski definition) is 8. The average molecular weight is 442 g/mol. The Bertz CT molecular complexity index is 793. The Morgan fingerprint density at radius 1 is 1.23 bits per heavy atom. The van der Waals surface area contributed by atoms with Gasteiger partial charge in [-0.1, -0.05) is 6.92 Å². The molecule has 3 saturated heterocycles. The first-order valence-electron chi connectivity index (χ1n) is 10.1. The van der Waals surface area contributed by atoms with Gasteiger partial charge in [-0.15, -0.1) is 11.8 Å². The number of rotatable bonds is 5. The van der Waals surface area contributed by atoms with Gasteiger partial charge in [0.1, 0.15) is 5.70 Å². The van der Waals surface area contributed by atoms with Gasteiger partial charge >= 0.3 is 5.97 Å². The molecule has 4 heterocycles. The lowest BCUT2D eigenvalue weighted by Gasteiger charge is -2.46. The van der Waals surface area contributed by atoms with Gasteiger partial charge in [-0.05, 0) is 13.3 Å². The highest BCUT2D eigenvalue weighted by molar-refractivity contribution is 8.03. The van der Waals surface area contributed by atoms with Crippen LogP contribution in [0.15, 0.2) is 10.6 Å². The summed E-state index contributed by atoms with van der Waals surface area (Å²) < 4.78 is 0. The van der Waals surface area contributed by atoms with Crippen molar-refractivity contribution in [3.8, 4) is 0 Å². The van der Waals surface area contributed by atoms with E-state index in [9.17, 15) is 34.8 Å². The summed E-state index contributed by atoms with van der Waals surface area (Å²) >= 11 is 1.38. The van der Waals surface area contributed by atoms with E-state index >= 15 is 0 Å². The Kier molecular flexibility index (Phi) is 5.60. The molecule has 10 nitrogen and oxygen atoms in total. The number of β-lactam (4-membered cyclic amide) rings is 1. The summed E-state index contributed by atoms with van der Waals surface area (Å²) in [6.45, 7) is 4.11. The fraction of sp³-hybridized carbons (Fsp3) is 0.737. The maximum absolute atomic E-state index is 12.7. The topological polar surface area (TPSA) is 151 Å². The highest BCUT2D eigenvalue weighted by Gasteiger charge is 2.60. The van der Waals surface area contributed by atoms with Crippen LogP contribution in [0.3, 0.4) is 0 Å². The molecule has 0 bridgehead atoms. The summed E-state index contributed by atoms with van der Waals surface area (Å²) in [6, 6.07) is -0.820. The van der Waals surface area contributed by atoms with Crippen molar-refractivity contribution < 1.29 is 34.8 Å². The first-order valence-corrected chi connectivity index (χ1v) is 11.0. The maximum atomic E-state index is 12.7. The van der Waals surface area contributed by atoms with Crippen molar-refractivity contribution in [2.45, 2.75) is 55.9 Å². The van der Waals surface area contributed by atoms with Gasteiger partial charge in [-0.2, -0.15) is 0 Å². The quantitative estimate of drug-likeness (QED) is 0.310. The Morgan fingerprint density at radius 2 is 1.87 bits per heavy atom. The largest absolute Gasteiger partial charge is 0.477 e. The van der Waals surface area contributed by atoms with Gasteiger partial charge in [-0.3, -0.25) is 9.59 Å². The highest BCUT2D eigenvalue weighted by atomic mass is 32.2. The second-order valence-corrected chi connectivity index (χ2v) is 9.93. The molecule has 3 fully saturated rings. The zero-order chi connectivity index (χ0) is 21.9. The summed E-state index contributed by atoms with van der Waals surface area (Å²) in [5.74, 6) is -2.52. The number of carboxylic acid groups (broad SMARTS) is 1. The van der Waals surface area contributed by atoms with Gasteiger partial charge in [-0.25, -0.2) is 4.79 Å². The van der Waals surface area contributed by atoms with E-state index in [0.29, 0.717) is 17.9 Å². The van der Waals surface area contributed by atoms with Crippen LogP contribution in [0, 0.1) is 11.8 Å². The van der Waals surface area contributed by atoms with E-state index in [0.717, 1.165) is 0 Å². The van der Waals surface area contributed by atoms with Crippen LogP contribution in [0.25, 0.3) is 0 Å². The van der Waals surface area contributed by atoms with Gasteiger partial charge in [0, 0.05) is 35.7 Å². The smallest absolute Gasteiger partial charge is 0.353 e. The van der Waals surface area contributed by atoms with Crippen molar-refractivity contribution in [1.82, 2.24) is 15.1 Å². The van der Waals surface area contributed by atoms with Gasteiger partial charge in [0.25, 0.3) is 0 Å². The van der Waals surface area contributed by atoms with Crippen LogP contribution in [0.1, 0.15) is 20.3 Å². The summed E-state index contributed by atoms with van der Waals surface area (Å²) in [5, 5.41) is 42.1. The molecule has 4 rings (SSSR count). The van der Waals surface area contributed by atoms with Crippen molar-refractivity contribution in [2.24, 2.45) is 11.8 Å². The molecule has 4 aliphatic heterocycles. The molecule has 2 amide bonds. The Labute approximate surface area is 177 Å². The van der Waals surface area contributed by atoms with Crippen molar-refractivity contribution in [2.75, 3.05) is 19.6 Å². The summed E-state index contributed by atoms with van der Waals surface area (Å²) in [6.07, 6.45) is -2.24. The number of nitrogens with one attached hydrogen (secondary N) is 1. The van der Waals surface area contributed by atoms with E-state index in [2.05, 4.69) is 5.32 Å². The van der Waals surface area contributed by atoms with Gasteiger partial charge in [0.05, 0.1) is 36.3 Å². The SMILES string of the molecule is C[C@@H](O)[C@H]1C(=O)N2C(C(=O)O)=C(S[C@H]3CN[C@H](C(=O)N4C[C@@H](O)[C@H](O)C4)C3)[C@H](C)[C@H]12. The van der Waals surface area contributed by atoms with E-state index in [1.165, 1.54) is 21.6 Å². The summed E-state index contributed by atoms with van der Waals surface area (Å²) in [5.41, 5.74) is -0.0139. The number of likely N-dealkylation sites (tertiary alicyclic amines) is 1. The first kappa shape index (κ1) is 21.6. The van der Waals surface area contributed by atoms with Crippen LogP contribution < -0.4 is 5.32 Å². The predicted octanol–water partition coefficient (Wildman–Crippen LogP) is -1.83. The molecule has 0 radical (unpaired) electrons. The van der Waals surface area contributed by atoms with Crippen LogP contribution in [-0.2, 0) is 14.4 Å². The molecule has 11 heteroatoms. The van der Waals surface area contributed by atoms with Crippen LogP contribution in [0.5, 0.6) is 0 Å². The third kappa shape index (κ3) is 3.32. The fourth-order valence-electron chi connectivity index (χ4n) is 5.01. The number of thioether (sulfide) groups is 1. The number of aliphatic carboxylic acids is 1. The lowest BCUT2D eigenvalue weighted by Crippen LogP contribution is -2.63. The molecule has 0 aromatic carbocycles. The first-order chi connectivity index (χ1) is 14.1. The fourth-order valence-corrected chi connectivity index (χ4v) is 6.49. The minimum atomic E-state index is -1.16. The monoisotopic (exact) mass is 441 g/mol. The third-order valence-electron chi connectivity index (χ3n) is 6.56. The second kappa shape index (κ2) is 7.79. The minimum absolute atomic E-state index is 0.0139. The Hall–Kier alpha value is -1.66. The number of carboxylic acids is 1. The van der Waals surface area contributed by atoms with E-state index in [-0.39, 0.29) is 47.8 Å². The molecule has 0 aromatic heterocycles. The summed E-state index contributed by atoms with van der Waals surface area (Å²) in [4.78, 5) is 40.3. The van der Waals surface area contributed by atoms with Crippen LogP contribution in [-0.4, -0.2) is 103 Å². The second-order valence-electron chi connectivity index (χ2n) is 8.59. The average Bonchev–Trinajstić information content (AvgIpc) is 3.32. The van der Waals surface area contributed by atoms with E-state index in [1.54, 1.807) is 6.92 Å². The van der Waals surface area contributed by atoms with Crippen molar-refractivity contribution in [3.63, 3.8) is 0 Å². The number of nitrogens with zero attached hydrogens (tertiary/aromatic N) is 2. The molecule has 8 atom stereocenters. The standard InChI is InChI=1S/C19H27N3O7S/c1-7-14-13(8(2)23)18(27)22(14)15(19(28)29)16(7)30-9-3-10(20-4-9)17(26)21-5-11(24)12(25)6-21/h7-14,20,23-25H,3-6H2,1-2H3,(H,28,29)/t7-,8-,9-,10+,11-,12-,13-,14-/m1/s1. The molecule has 0 aliphatic carbocycles. The number of β-amino-alcohol motifs (C(OH)–C–C–N with tert-alkyl or cyclic N) is 2. The van der Waals surface area contributed by atoms with Crippen LogP contribution >= 0.6 is 11.8 Å². The molecular formula is C19H27N3O7S. The predicted molar refractivity (Wildman–Crippen MR) is 106 cm³/mol. The number of carbonyl (C=O) groups excluding carboxylic acids is 2. The van der Waals surface area contributed by atoms with Crippen molar-refractivity contribution >= 4 is 29.5 Å². The van der Waals surface area contributed by atoms with Crippen LogP contribution in [0.2, 0.25) is 0 Å². The number of hydrogen-bond donors (Lipinski definition) is 5. The van der Waals surface area contributed by atoms with Crippen molar-refractivity contribution in [3.05, 3.63) is 10.6 Å². The molecule has 0 unspecified atom stereocenters. The third-order valence-corrected chi connectivity index (χ3v) is 8.08. The Morgan fingerprint density at radius 3 is 2.43 bits per heavy atom. The number of carbonyl (C=O) groups is 3. The van der Waals surface area contributed by atoms with E-state index in [1.807, 2.05) is 6.92 Å². The molecular weight excluding hydrogens is 414 g/mol. The molecule has 4 aliphatic rings. The molecule has 30 heavy (non-hydrogen) atoms. The van der Waals surface area contributed by atoms with Gasteiger partial charge < -0.3 is 35.5 Å². The highest BCUT2D eigenvalue weighted by Crippen LogP contribution is 2.51. The molecule has 166 valence electrons. The number of aliphatic hydroxyl groups excluding tert-OH is 3. The van der Waals surface area contributed by atoms with Gasteiger partial charge in [0.2, 0.25) is 11.8 Å². The number of fused-ring (bicyclic) bond motifs is 1. The molecule has 0 saturated carbocycles. The zero-order valence-corrected chi connectivity index (χ0v) is 17.6. The number of amides is 2. The summed E-state index contributed by atoms with van der Waals surface area (Å²) in [7, 11) is 0. The lowest BCUT2D eigenvalue weighted by molar-refractivity contribution is -0.163. The van der Waals surface area contributed by atoms with Gasteiger partial charge in [0.15, 0.2) is 0 Å². The lowest BCUT2D eigenvalue weighted by atomic mass is 9.79. The molecule has 5 N–H and O–H groups in total. The van der Waals surface area contributed by atoms with E-state index in [4.69, 9.17) is 0 Å². The normalized spacial score (nSPS) is 39.4. The Balaban J connectivity index is 1.45. The van der Waals surface area contributed by atoms with E-state index < -0.39 is 36.2 Å². The molecule has 0 aromatic rings. The van der Waals surface area contributed by atoms with Crippen molar-refractivity contribution in [1.29, 1.82) is 0 Å². The van der Waals surface area contributed by atoms with Crippen LogP contribution in [0.4, 0.5) is 0 Å². The molecule has 0 spiro atoms.